The third-order valence-electron chi connectivity index (χ3n) is 4.44. The standard InChI is InChI=1S/C22H23FN2O2/c1-3-25(4-2)15-16-6-5-7-19(14-16)24-22(26)21-13-12-20(27-21)17-8-10-18(23)11-9-17/h5-14H,3-4,15H2,1-2H3,(H,24,26). The molecule has 2 aromatic carbocycles. The first kappa shape index (κ1) is 18.9. The zero-order chi connectivity index (χ0) is 19.2. The van der Waals surface area contributed by atoms with Crippen molar-refractivity contribution in [2.75, 3.05) is 18.4 Å². The van der Waals surface area contributed by atoms with Gasteiger partial charge in [-0.2, -0.15) is 0 Å². The number of carbonyl (C=O) groups excluding carboxylic acids is 1. The molecule has 1 aromatic heterocycles. The zero-order valence-electron chi connectivity index (χ0n) is 15.5. The second kappa shape index (κ2) is 8.64. The van der Waals surface area contributed by atoms with Gasteiger partial charge in [0.25, 0.3) is 5.91 Å². The van der Waals surface area contributed by atoms with E-state index in [1.54, 1.807) is 24.3 Å². The van der Waals surface area contributed by atoms with E-state index in [2.05, 4.69) is 24.1 Å². The number of carbonyl (C=O) groups is 1. The third-order valence-corrected chi connectivity index (χ3v) is 4.44. The van der Waals surface area contributed by atoms with E-state index in [1.807, 2.05) is 24.3 Å². The van der Waals surface area contributed by atoms with Crippen LogP contribution in [0.5, 0.6) is 0 Å². The molecule has 5 heteroatoms. The van der Waals surface area contributed by atoms with Crippen LogP contribution in [0.2, 0.25) is 0 Å². The minimum atomic E-state index is -0.316. The van der Waals surface area contributed by atoms with Crippen LogP contribution in [0.25, 0.3) is 11.3 Å². The normalized spacial score (nSPS) is 11.0. The minimum absolute atomic E-state index is 0.212. The summed E-state index contributed by atoms with van der Waals surface area (Å²) in [6.45, 7) is 7.05. The molecule has 140 valence electrons. The Morgan fingerprint density at radius 1 is 1.04 bits per heavy atom. The number of benzene rings is 2. The lowest BCUT2D eigenvalue weighted by Crippen LogP contribution is -2.22. The molecule has 1 N–H and O–H groups in total. The number of anilines is 1. The number of hydrogen-bond acceptors (Lipinski definition) is 3. The summed E-state index contributed by atoms with van der Waals surface area (Å²) >= 11 is 0. The first-order chi connectivity index (χ1) is 13.1. The largest absolute Gasteiger partial charge is 0.451 e. The van der Waals surface area contributed by atoms with E-state index in [0.29, 0.717) is 5.76 Å². The number of hydrogen-bond donors (Lipinski definition) is 1. The van der Waals surface area contributed by atoms with Gasteiger partial charge in [-0.15, -0.1) is 0 Å². The van der Waals surface area contributed by atoms with Crippen LogP contribution in [-0.4, -0.2) is 23.9 Å². The number of rotatable bonds is 7. The van der Waals surface area contributed by atoms with Crippen LogP contribution in [0.4, 0.5) is 10.1 Å². The Balaban J connectivity index is 1.70. The molecule has 3 aromatic rings. The third kappa shape index (κ3) is 4.83. The molecule has 0 aliphatic carbocycles. The molecule has 0 saturated carbocycles. The second-order valence-electron chi connectivity index (χ2n) is 6.29. The second-order valence-corrected chi connectivity index (χ2v) is 6.29. The van der Waals surface area contributed by atoms with Gasteiger partial charge in [-0.25, -0.2) is 4.39 Å². The fourth-order valence-electron chi connectivity index (χ4n) is 2.87. The maximum Gasteiger partial charge on any atom is 0.291 e. The fourth-order valence-corrected chi connectivity index (χ4v) is 2.87. The van der Waals surface area contributed by atoms with Gasteiger partial charge in [-0.1, -0.05) is 26.0 Å². The Hall–Kier alpha value is -2.92. The molecule has 3 rings (SSSR count). The number of amides is 1. The Labute approximate surface area is 158 Å². The fraction of sp³-hybridized carbons (Fsp3) is 0.227. The van der Waals surface area contributed by atoms with Crippen LogP contribution < -0.4 is 5.32 Å². The Morgan fingerprint density at radius 3 is 2.48 bits per heavy atom. The van der Waals surface area contributed by atoms with Crippen molar-refractivity contribution in [2.45, 2.75) is 20.4 Å². The van der Waals surface area contributed by atoms with Crippen molar-refractivity contribution in [1.29, 1.82) is 0 Å². The van der Waals surface area contributed by atoms with Crippen molar-refractivity contribution in [2.24, 2.45) is 0 Å². The topological polar surface area (TPSA) is 45.5 Å². The van der Waals surface area contributed by atoms with Crippen LogP contribution in [0, 0.1) is 5.82 Å². The summed E-state index contributed by atoms with van der Waals surface area (Å²) in [6.07, 6.45) is 0. The van der Waals surface area contributed by atoms with E-state index >= 15 is 0 Å². The van der Waals surface area contributed by atoms with Crippen molar-refractivity contribution in [3.8, 4) is 11.3 Å². The molecule has 1 heterocycles. The van der Waals surface area contributed by atoms with Gasteiger partial charge in [0.05, 0.1) is 0 Å². The highest BCUT2D eigenvalue weighted by Gasteiger charge is 2.13. The number of furan rings is 1. The van der Waals surface area contributed by atoms with Gasteiger partial charge in [0, 0.05) is 17.8 Å². The lowest BCUT2D eigenvalue weighted by Gasteiger charge is -2.18. The van der Waals surface area contributed by atoms with E-state index < -0.39 is 0 Å². The Morgan fingerprint density at radius 2 is 1.78 bits per heavy atom. The van der Waals surface area contributed by atoms with Crippen molar-refractivity contribution >= 4 is 11.6 Å². The Kier molecular flexibility index (Phi) is 6.04. The molecular weight excluding hydrogens is 343 g/mol. The summed E-state index contributed by atoms with van der Waals surface area (Å²) in [5.74, 6) is 0.107. The van der Waals surface area contributed by atoms with Gasteiger partial charge in [-0.05, 0) is 67.2 Å². The predicted octanol–water partition coefficient (Wildman–Crippen LogP) is 5.18. The smallest absolute Gasteiger partial charge is 0.291 e. The van der Waals surface area contributed by atoms with Crippen molar-refractivity contribution in [3.05, 3.63) is 77.8 Å². The Bertz CT molecular complexity index is 899. The number of nitrogens with zero attached hydrogens (tertiary/aromatic N) is 1. The van der Waals surface area contributed by atoms with E-state index in [1.165, 1.54) is 12.1 Å². The monoisotopic (exact) mass is 366 g/mol. The number of halogens is 1. The van der Waals surface area contributed by atoms with Crippen LogP contribution in [-0.2, 0) is 6.54 Å². The molecular formula is C22H23FN2O2. The molecule has 0 saturated heterocycles. The lowest BCUT2D eigenvalue weighted by molar-refractivity contribution is 0.0997. The molecule has 0 unspecified atom stereocenters. The molecule has 0 radical (unpaired) electrons. The van der Waals surface area contributed by atoms with Gasteiger partial charge >= 0.3 is 0 Å². The lowest BCUT2D eigenvalue weighted by atomic mass is 10.2. The SMILES string of the molecule is CCN(CC)Cc1cccc(NC(=O)c2ccc(-c3ccc(F)cc3)o2)c1. The molecule has 4 nitrogen and oxygen atoms in total. The highest BCUT2D eigenvalue weighted by atomic mass is 19.1. The first-order valence-electron chi connectivity index (χ1n) is 9.07. The van der Waals surface area contributed by atoms with Gasteiger partial charge in [-0.3, -0.25) is 9.69 Å². The summed E-state index contributed by atoms with van der Waals surface area (Å²) in [7, 11) is 0. The van der Waals surface area contributed by atoms with Crippen molar-refractivity contribution < 1.29 is 13.6 Å². The van der Waals surface area contributed by atoms with Crippen LogP contribution in [0.1, 0.15) is 30.0 Å². The zero-order valence-corrected chi connectivity index (χ0v) is 15.5. The highest BCUT2D eigenvalue weighted by molar-refractivity contribution is 6.02. The van der Waals surface area contributed by atoms with E-state index in [9.17, 15) is 9.18 Å². The summed E-state index contributed by atoms with van der Waals surface area (Å²) in [5, 5.41) is 2.87. The van der Waals surface area contributed by atoms with Gasteiger partial charge in [0.1, 0.15) is 11.6 Å². The first-order valence-corrected chi connectivity index (χ1v) is 9.07. The van der Waals surface area contributed by atoms with Crippen LogP contribution >= 0.6 is 0 Å². The molecule has 27 heavy (non-hydrogen) atoms. The molecule has 1 amide bonds. The van der Waals surface area contributed by atoms with Crippen molar-refractivity contribution in [3.63, 3.8) is 0 Å². The summed E-state index contributed by atoms with van der Waals surface area (Å²) in [4.78, 5) is 14.8. The number of nitrogens with one attached hydrogen (secondary N) is 1. The molecule has 0 atom stereocenters. The molecule has 0 aliphatic rings. The van der Waals surface area contributed by atoms with Gasteiger partial charge in [0.15, 0.2) is 5.76 Å². The highest BCUT2D eigenvalue weighted by Crippen LogP contribution is 2.23. The molecule has 0 bridgehead atoms. The average Bonchev–Trinajstić information content (AvgIpc) is 3.17. The van der Waals surface area contributed by atoms with Crippen LogP contribution in [0.3, 0.4) is 0 Å². The summed E-state index contributed by atoms with van der Waals surface area (Å²) in [6, 6.07) is 17.1. The van der Waals surface area contributed by atoms with Crippen molar-refractivity contribution in [1.82, 2.24) is 4.90 Å². The van der Waals surface area contributed by atoms with Gasteiger partial charge < -0.3 is 9.73 Å². The molecule has 0 spiro atoms. The molecule has 0 fully saturated rings. The van der Waals surface area contributed by atoms with Gasteiger partial charge in [0.2, 0.25) is 0 Å². The van der Waals surface area contributed by atoms with E-state index in [4.69, 9.17) is 4.42 Å². The van der Waals surface area contributed by atoms with Crippen LogP contribution in [0.15, 0.2) is 65.1 Å². The maximum atomic E-state index is 13.0. The summed E-state index contributed by atoms with van der Waals surface area (Å²) < 4.78 is 18.7. The minimum Gasteiger partial charge on any atom is -0.451 e. The predicted molar refractivity (Wildman–Crippen MR) is 105 cm³/mol. The van der Waals surface area contributed by atoms with E-state index in [0.717, 1.165) is 36.4 Å². The maximum absolute atomic E-state index is 13.0. The van der Waals surface area contributed by atoms with E-state index in [-0.39, 0.29) is 17.5 Å². The summed E-state index contributed by atoms with van der Waals surface area (Å²) in [5.41, 5.74) is 2.59. The quantitative estimate of drug-likeness (QED) is 0.627. The average molecular weight is 366 g/mol. The molecule has 0 aliphatic heterocycles.